The lowest BCUT2D eigenvalue weighted by atomic mass is 9.89. The highest BCUT2D eigenvalue weighted by Gasteiger charge is 2.26. The Kier molecular flexibility index (Phi) is 10.4. The van der Waals surface area contributed by atoms with Crippen molar-refractivity contribution in [1.29, 1.82) is 0 Å². The largest absolute Gasteiger partial charge is 0.760 e. The van der Waals surface area contributed by atoms with E-state index >= 15 is 0 Å². The maximum atomic E-state index is 13.7. The van der Waals surface area contributed by atoms with Gasteiger partial charge >= 0.3 is 0 Å². The third-order valence-corrected chi connectivity index (χ3v) is 8.73. The molecule has 39 heavy (non-hydrogen) atoms. The van der Waals surface area contributed by atoms with Crippen LogP contribution in [0.2, 0.25) is 10.0 Å². The first-order valence-electron chi connectivity index (χ1n) is 12.0. The van der Waals surface area contributed by atoms with Crippen molar-refractivity contribution in [2.24, 2.45) is 7.05 Å². The minimum atomic E-state index is -2.44. The summed E-state index contributed by atoms with van der Waals surface area (Å²) in [7, 11) is 0.170. The number of nitrogens with one attached hydrogen (secondary N) is 2. The van der Waals surface area contributed by atoms with Crippen LogP contribution in [0.1, 0.15) is 60.8 Å². The molecule has 3 atom stereocenters. The normalized spacial score (nSPS) is 14.2. The van der Waals surface area contributed by atoms with Crippen LogP contribution >= 0.6 is 23.2 Å². The van der Waals surface area contributed by atoms with Gasteiger partial charge in [0.25, 0.3) is 5.56 Å². The SMILES string of the molecule is C[C@H](NS(=O)C(C)(C)C)c1cc(=O)n(C)cc1-c1cc(CCNS(=O)[O-])c(Cl)cc1C(=O)c1ccc(Cl)cc1. The third-order valence-electron chi connectivity index (χ3n) is 6.01. The number of rotatable bonds is 10. The summed E-state index contributed by atoms with van der Waals surface area (Å²) in [5.74, 6) is -0.312. The van der Waals surface area contributed by atoms with Crippen molar-refractivity contribution in [3.63, 3.8) is 0 Å². The molecule has 1 aromatic heterocycles. The van der Waals surface area contributed by atoms with Crippen LogP contribution in [0.4, 0.5) is 0 Å². The van der Waals surface area contributed by atoms with Crippen LogP contribution in [0.15, 0.2) is 53.5 Å². The fourth-order valence-electron chi connectivity index (χ4n) is 3.87. The summed E-state index contributed by atoms with van der Waals surface area (Å²) in [6.07, 6.45) is 1.89. The van der Waals surface area contributed by atoms with E-state index in [1.54, 1.807) is 56.6 Å². The van der Waals surface area contributed by atoms with E-state index in [-0.39, 0.29) is 29.9 Å². The molecule has 2 N–H and O–H groups in total. The molecule has 12 heteroatoms. The van der Waals surface area contributed by atoms with Gasteiger partial charge in [0.2, 0.25) is 0 Å². The number of halogens is 2. The van der Waals surface area contributed by atoms with E-state index in [0.29, 0.717) is 37.9 Å². The summed E-state index contributed by atoms with van der Waals surface area (Å²) in [5, 5.41) is 0.774. The Morgan fingerprint density at radius 2 is 1.72 bits per heavy atom. The lowest BCUT2D eigenvalue weighted by molar-refractivity contribution is 0.103. The Labute approximate surface area is 243 Å². The van der Waals surface area contributed by atoms with Gasteiger partial charge in [0.05, 0.1) is 15.7 Å². The molecule has 0 aliphatic carbocycles. The fraction of sp³-hybridized carbons (Fsp3) is 0.333. The highest BCUT2D eigenvalue weighted by molar-refractivity contribution is 7.84. The van der Waals surface area contributed by atoms with Gasteiger partial charge in [-0.3, -0.25) is 13.8 Å². The summed E-state index contributed by atoms with van der Waals surface area (Å²) < 4.78 is 41.1. The molecular formula is C27H30Cl2N3O5S2-. The number of nitrogens with zero attached hydrogens (tertiary/aromatic N) is 1. The number of carbonyl (C=O) groups excluding carboxylic acids is 1. The van der Waals surface area contributed by atoms with Crippen LogP contribution in [0, 0.1) is 0 Å². The zero-order chi connectivity index (χ0) is 29.1. The first kappa shape index (κ1) is 31.3. The zero-order valence-electron chi connectivity index (χ0n) is 22.2. The molecule has 0 bridgehead atoms. The molecule has 0 fully saturated rings. The summed E-state index contributed by atoms with van der Waals surface area (Å²) in [4.78, 5) is 26.4. The predicted molar refractivity (Wildman–Crippen MR) is 157 cm³/mol. The van der Waals surface area contributed by atoms with Crippen molar-refractivity contribution in [3.05, 3.63) is 91.3 Å². The predicted octanol–water partition coefficient (Wildman–Crippen LogP) is 4.63. The molecule has 0 radical (unpaired) electrons. The van der Waals surface area contributed by atoms with E-state index in [1.165, 1.54) is 10.6 Å². The number of carbonyl (C=O) groups is 1. The Hall–Kier alpha value is -2.18. The van der Waals surface area contributed by atoms with Crippen molar-refractivity contribution in [2.45, 2.75) is 44.9 Å². The van der Waals surface area contributed by atoms with E-state index in [4.69, 9.17) is 23.2 Å². The molecule has 0 spiro atoms. The molecule has 3 rings (SSSR count). The molecule has 0 aliphatic heterocycles. The van der Waals surface area contributed by atoms with Crippen LogP contribution in [0.5, 0.6) is 0 Å². The van der Waals surface area contributed by atoms with Crippen LogP contribution < -0.4 is 15.0 Å². The van der Waals surface area contributed by atoms with E-state index in [0.717, 1.165) is 0 Å². The molecule has 3 aromatic rings. The van der Waals surface area contributed by atoms with Crippen molar-refractivity contribution in [1.82, 2.24) is 14.0 Å². The number of hydrogen-bond acceptors (Lipinski definition) is 5. The lowest BCUT2D eigenvalue weighted by Gasteiger charge is -2.24. The molecule has 1 heterocycles. The number of pyridine rings is 1. The van der Waals surface area contributed by atoms with Crippen molar-refractivity contribution in [2.75, 3.05) is 6.54 Å². The van der Waals surface area contributed by atoms with Gasteiger partial charge in [-0.2, -0.15) is 0 Å². The second-order valence-corrected chi connectivity index (χ2v) is 13.6. The summed E-state index contributed by atoms with van der Waals surface area (Å²) in [6.45, 7) is 7.41. The van der Waals surface area contributed by atoms with E-state index in [1.807, 2.05) is 20.8 Å². The zero-order valence-corrected chi connectivity index (χ0v) is 25.3. The first-order valence-corrected chi connectivity index (χ1v) is 15.0. The van der Waals surface area contributed by atoms with Crippen LogP contribution in [-0.2, 0) is 35.7 Å². The highest BCUT2D eigenvalue weighted by Crippen LogP contribution is 2.35. The molecule has 2 aromatic carbocycles. The van der Waals surface area contributed by atoms with Gasteiger partial charge in [0, 0.05) is 69.9 Å². The van der Waals surface area contributed by atoms with Crippen LogP contribution in [0.25, 0.3) is 11.1 Å². The topological polar surface area (TPSA) is 120 Å². The third kappa shape index (κ3) is 7.94. The standard InChI is InChI=1S/C27H31Cl2N3O5S2/c1-16(31-38(35)27(2,3)4)20-14-25(33)32(5)15-23(20)21-12-18(10-11-30-39(36)37)24(29)13-22(21)26(34)17-6-8-19(28)9-7-17/h6-9,12-16,30-31H,10-11H2,1-5H3,(H,36,37)/p-1/t16-,38?/m0/s1. The monoisotopic (exact) mass is 610 g/mol. The summed E-state index contributed by atoms with van der Waals surface area (Å²) in [6, 6.07) is 10.7. The number of aryl methyl sites for hydroxylation is 1. The number of ketones is 1. The number of aromatic nitrogens is 1. The fourth-order valence-corrected chi connectivity index (χ4v) is 5.33. The molecule has 8 nitrogen and oxygen atoms in total. The van der Waals surface area contributed by atoms with Crippen LogP contribution in [-0.4, -0.2) is 34.6 Å². The molecule has 2 unspecified atom stereocenters. The Bertz CT molecular complexity index is 1480. The van der Waals surface area contributed by atoms with Gasteiger partial charge in [-0.15, -0.1) is 0 Å². The highest BCUT2D eigenvalue weighted by atomic mass is 35.5. The average molecular weight is 612 g/mol. The number of hydrogen-bond donors (Lipinski definition) is 2. The van der Waals surface area contributed by atoms with Crippen LogP contribution in [0.3, 0.4) is 0 Å². The Morgan fingerprint density at radius 1 is 1.08 bits per heavy atom. The lowest BCUT2D eigenvalue weighted by Crippen LogP contribution is -2.35. The molecular weight excluding hydrogens is 581 g/mol. The van der Waals surface area contributed by atoms with Crippen molar-refractivity contribution in [3.8, 4) is 11.1 Å². The molecule has 0 saturated carbocycles. The second-order valence-electron chi connectivity index (χ2n) is 10.0. The molecule has 0 saturated heterocycles. The first-order chi connectivity index (χ1) is 18.2. The Balaban J connectivity index is 2.24. The van der Waals surface area contributed by atoms with Gasteiger partial charge in [-0.1, -0.05) is 23.2 Å². The quantitative estimate of drug-likeness (QED) is 0.256. The molecule has 0 aliphatic rings. The van der Waals surface area contributed by atoms with Gasteiger partial charge in [0.1, 0.15) is 0 Å². The smallest absolute Gasteiger partial charge is 0.250 e. The molecule has 0 amide bonds. The second kappa shape index (κ2) is 13.0. The van der Waals surface area contributed by atoms with E-state index in [9.17, 15) is 22.6 Å². The van der Waals surface area contributed by atoms with Gasteiger partial charge < -0.3 is 9.12 Å². The van der Waals surface area contributed by atoms with Gasteiger partial charge in [-0.25, -0.2) is 13.7 Å². The maximum absolute atomic E-state index is 13.7. The van der Waals surface area contributed by atoms with Crippen molar-refractivity contribution < 1.29 is 17.8 Å². The molecule has 210 valence electrons. The van der Waals surface area contributed by atoms with Crippen molar-refractivity contribution >= 4 is 51.2 Å². The number of benzene rings is 2. The Morgan fingerprint density at radius 3 is 2.31 bits per heavy atom. The average Bonchev–Trinajstić information content (AvgIpc) is 2.85. The van der Waals surface area contributed by atoms with E-state index < -0.39 is 33.0 Å². The minimum absolute atomic E-state index is 0.0996. The summed E-state index contributed by atoms with van der Waals surface area (Å²) in [5.41, 5.74) is 2.63. The van der Waals surface area contributed by atoms with Gasteiger partial charge in [0.15, 0.2) is 5.78 Å². The van der Waals surface area contributed by atoms with Gasteiger partial charge in [-0.05, 0) is 87.2 Å². The van der Waals surface area contributed by atoms with E-state index in [2.05, 4.69) is 9.44 Å². The maximum Gasteiger partial charge on any atom is 0.250 e. The summed E-state index contributed by atoms with van der Waals surface area (Å²) >= 11 is 10.2. The minimum Gasteiger partial charge on any atom is -0.760 e.